The first kappa shape index (κ1) is 23.4. The van der Waals surface area contributed by atoms with Gasteiger partial charge in [-0.05, 0) is 59.3 Å². The van der Waals surface area contributed by atoms with E-state index in [1.165, 1.54) is 36.3 Å². The predicted molar refractivity (Wildman–Crippen MR) is 131 cm³/mol. The number of carboxylic acid groups (broad SMARTS) is 1. The molecule has 1 amide bonds. The summed E-state index contributed by atoms with van der Waals surface area (Å²) in [5, 5.41) is 34.4. The molecule has 0 spiro atoms. The molecule has 1 saturated heterocycles. The zero-order chi connectivity index (χ0) is 26.1. The third-order valence-electron chi connectivity index (χ3n) is 6.01. The lowest BCUT2D eigenvalue weighted by atomic mass is 9.94. The van der Waals surface area contributed by atoms with Crippen LogP contribution in [-0.2, 0) is 9.59 Å². The number of aromatic carboxylic acids is 1. The van der Waals surface area contributed by atoms with Crippen LogP contribution < -0.4 is 9.64 Å². The number of rotatable bonds is 6. The lowest BCUT2D eigenvalue weighted by Crippen LogP contribution is -2.29. The minimum atomic E-state index is -1.12. The molecule has 37 heavy (non-hydrogen) atoms. The van der Waals surface area contributed by atoms with Gasteiger partial charge in [-0.1, -0.05) is 24.3 Å². The molecule has 1 fully saturated rings. The first-order chi connectivity index (χ1) is 17.9. The number of methoxy groups -OCH3 is 1. The topological polar surface area (TPSA) is 159 Å². The van der Waals surface area contributed by atoms with E-state index < -0.39 is 23.7 Å². The van der Waals surface area contributed by atoms with Crippen LogP contribution in [0.1, 0.15) is 27.5 Å². The number of benzene rings is 3. The Morgan fingerprint density at radius 2 is 1.68 bits per heavy atom. The van der Waals surface area contributed by atoms with Gasteiger partial charge in [0, 0.05) is 16.8 Å². The van der Waals surface area contributed by atoms with Crippen molar-refractivity contribution in [3.8, 4) is 17.1 Å². The lowest BCUT2D eigenvalue weighted by molar-refractivity contribution is -0.132. The van der Waals surface area contributed by atoms with Crippen LogP contribution in [-0.4, -0.2) is 55.6 Å². The van der Waals surface area contributed by atoms with Gasteiger partial charge in [-0.25, -0.2) is 4.79 Å². The van der Waals surface area contributed by atoms with E-state index in [2.05, 4.69) is 20.6 Å². The van der Waals surface area contributed by atoms with Gasteiger partial charge in [-0.3, -0.25) is 14.5 Å². The highest BCUT2D eigenvalue weighted by Crippen LogP contribution is 2.42. The van der Waals surface area contributed by atoms with Crippen LogP contribution in [0.25, 0.3) is 17.1 Å². The summed E-state index contributed by atoms with van der Waals surface area (Å²) in [5.74, 6) is -2.38. The van der Waals surface area contributed by atoms with E-state index in [-0.39, 0.29) is 16.9 Å². The maximum Gasteiger partial charge on any atom is 0.335 e. The Morgan fingerprint density at radius 3 is 2.30 bits per heavy atom. The smallest absolute Gasteiger partial charge is 0.335 e. The second-order valence-corrected chi connectivity index (χ2v) is 8.11. The third kappa shape index (κ3) is 4.18. The number of hydrogen-bond donors (Lipinski definition) is 3. The van der Waals surface area contributed by atoms with Crippen LogP contribution in [0.4, 0.5) is 5.69 Å². The van der Waals surface area contributed by atoms with Crippen LogP contribution in [0.15, 0.2) is 78.4 Å². The maximum atomic E-state index is 13.4. The number of carbonyl (C=O) groups is 3. The SMILES string of the molecule is COc1ccc(C(O)=C2C(=O)C(=O)N(c3cccc(-c4nn[nH]n4)c3)C2c2ccc(C(=O)O)cc2)cc1. The van der Waals surface area contributed by atoms with E-state index in [4.69, 9.17) is 4.74 Å². The van der Waals surface area contributed by atoms with Crippen molar-refractivity contribution in [1.29, 1.82) is 0 Å². The number of hydrogen-bond acceptors (Lipinski definition) is 8. The first-order valence-corrected chi connectivity index (χ1v) is 11.0. The predicted octanol–water partition coefficient (Wildman–Crippen LogP) is 3.20. The van der Waals surface area contributed by atoms with Crippen molar-refractivity contribution in [2.75, 3.05) is 12.0 Å². The first-order valence-electron chi connectivity index (χ1n) is 11.0. The second kappa shape index (κ2) is 9.38. The summed E-state index contributed by atoms with van der Waals surface area (Å²) >= 11 is 0. The Morgan fingerprint density at radius 1 is 0.973 bits per heavy atom. The van der Waals surface area contributed by atoms with Crippen molar-refractivity contribution in [3.63, 3.8) is 0 Å². The number of ketones is 1. The molecule has 3 N–H and O–H groups in total. The van der Waals surface area contributed by atoms with E-state index >= 15 is 0 Å². The van der Waals surface area contributed by atoms with Crippen molar-refractivity contribution >= 4 is 29.1 Å². The summed E-state index contributed by atoms with van der Waals surface area (Å²) < 4.78 is 5.16. The van der Waals surface area contributed by atoms with Gasteiger partial charge < -0.3 is 14.9 Å². The standard InChI is InChI=1S/C26H19N5O6/c1-37-19-11-9-15(10-12-19)22(32)20-21(14-5-7-16(8-6-14)26(35)36)31(25(34)23(20)33)18-4-2-3-17(13-18)24-27-29-30-28-24/h2-13,21,32H,1H3,(H,35,36)(H,27,28,29,30). The molecule has 1 aromatic heterocycles. The summed E-state index contributed by atoms with van der Waals surface area (Å²) in [6, 6.07) is 17.8. The Balaban J connectivity index is 1.68. The highest BCUT2D eigenvalue weighted by molar-refractivity contribution is 6.51. The normalized spacial score (nSPS) is 16.7. The highest BCUT2D eigenvalue weighted by Gasteiger charge is 2.47. The van der Waals surface area contributed by atoms with Gasteiger partial charge >= 0.3 is 5.97 Å². The van der Waals surface area contributed by atoms with Gasteiger partial charge in [0.1, 0.15) is 11.5 Å². The summed E-state index contributed by atoms with van der Waals surface area (Å²) in [5.41, 5.74) is 1.54. The molecular weight excluding hydrogens is 478 g/mol. The van der Waals surface area contributed by atoms with Crippen molar-refractivity contribution < 1.29 is 29.3 Å². The molecule has 184 valence electrons. The molecule has 1 atom stereocenters. The van der Waals surface area contributed by atoms with Crippen LogP contribution in [0.3, 0.4) is 0 Å². The van der Waals surface area contributed by atoms with Crippen molar-refractivity contribution in [2.24, 2.45) is 0 Å². The average molecular weight is 497 g/mol. The van der Waals surface area contributed by atoms with E-state index in [0.717, 1.165) is 0 Å². The van der Waals surface area contributed by atoms with Crippen LogP contribution in [0.5, 0.6) is 5.75 Å². The highest BCUT2D eigenvalue weighted by atomic mass is 16.5. The fourth-order valence-electron chi connectivity index (χ4n) is 4.21. The Labute approximate surface area is 209 Å². The van der Waals surface area contributed by atoms with Crippen molar-refractivity contribution in [3.05, 3.63) is 95.1 Å². The number of anilines is 1. The number of ether oxygens (including phenoxy) is 1. The number of aromatic nitrogens is 4. The molecule has 4 aromatic rings. The molecule has 1 unspecified atom stereocenters. The Kier molecular flexibility index (Phi) is 5.94. The number of tetrazole rings is 1. The number of carboxylic acids is 1. The van der Waals surface area contributed by atoms with Crippen LogP contribution >= 0.6 is 0 Å². The number of H-pyrrole nitrogens is 1. The van der Waals surface area contributed by atoms with Crippen molar-refractivity contribution in [1.82, 2.24) is 20.6 Å². The number of aliphatic hydroxyl groups excluding tert-OH is 1. The fourth-order valence-corrected chi connectivity index (χ4v) is 4.21. The number of nitrogens with zero attached hydrogens (tertiary/aromatic N) is 4. The zero-order valence-corrected chi connectivity index (χ0v) is 19.3. The third-order valence-corrected chi connectivity index (χ3v) is 6.01. The van der Waals surface area contributed by atoms with E-state index in [1.54, 1.807) is 48.5 Å². The van der Waals surface area contributed by atoms with Crippen LogP contribution in [0.2, 0.25) is 0 Å². The molecule has 0 aliphatic carbocycles. The minimum Gasteiger partial charge on any atom is -0.507 e. The van der Waals surface area contributed by atoms with Crippen molar-refractivity contribution in [2.45, 2.75) is 6.04 Å². The second-order valence-electron chi connectivity index (χ2n) is 8.11. The molecule has 5 rings (SSSR count). The van der Waals surface area contributed by atoms with E-state index in [1.807, 2.05) is 0 Å². The summed E-state index contributed by atoms with van der Waals surface area (Å²) in [6.45, 7) is 0. The van der Waals surface area contributed by atoms with Gasteiger partial charge in [0.2, 0.25) is 5.82 Å². The molecule has 2 heterocycles. The number of Topliss-reactive ketones (excluding diaryl/α,β-unsaturated/α-hetero) is 1. The van der Waals surface area contributed by atoms with Gasteiger partial charge in [0.05, 0.1) is 24.3 Å². The number of aromatic amines is 1. The lowest BCUT2D eigenvalue weighted by Gasteiger charge is -2.26. The molecular formula is C26H19N5O6. The minimum absolute atomic E-state index is 0.0370. The Bertz CT molecular complexity index is 1530. The van der Waals surface area contributed by atoms with E-state index in [9.17, 15) is 24.6 Å². The monoisotopic (exact) mass is 497 g/mol. The Hall–Kier alpha value is -5.32. The zero-order valence-electron chi connectivity index (χ0n) is 19.3. The summed E-state index contributed by atoms with van der Waals surface area (Å²) in [6.07, 6.45) is 0. The quantitative estimate of drug-likeness (QED) is 0.207. The molecule has 0 saturated carbocycles. The van der Waals surface area contributed by atoms with Gasteiger partial charge in [-0.15, -0.1) is 10.2 Å². The number of aliphatic hydroxyl groups is 1. The van der Waals surface area contributed by atoms with E-state index in [0.29, 0.717) is 34.0 Å². The number of carbonyl (C=O) groups excluding carboxylic acids is 2. The van der Waals surface area contributed by atoms with Gasteiger partial charge in [0.15, 0.2) is 0 Å². The fraction of sp³-hybridized carbons (Fsp3) is 0.0769. The molecule has 1 aliphatic rings. The maximum absolute atomic E-state index is 13.4. The largest absolute Gasteiger partial charge is 0.507 e. The summed E-state index contributed by atoms with van der Waals surface area (Å²) in [7, 11) is 1.50. The molecule has 3 aromatic carbocycles. The van der Waals surface area contributed by atoms with Crippen LogP contribution in [0, 0.1) is 0 Å². The molecule has 1 aliphatic heterocycles. The average Bonchev–Trinajstić information content (AvgIpc) is 3.56. The molecule has 11 nitrogen and oxygen atoms in total. The van der Waals surface area contributed by atoms with Gasteiger partial charge in [-0.2, -0.15) is 5.21 Å². The number of nitrogens with one attached hydrogen (secondary N) is 1. The molecule has 11 heteroatoms. The summed E-state index contributed by atoms with van der Waals surface area (Å²) in [4.78, 5) is 39.4. The molecule has 0 radical (unpaired) electrons. The molecule has 0 bridgehead atoms. The number of amides is 1. The van der Waals surface area contributed by atoms with Gasteiger partial charge in [0.25, 0.3) is 11.7 Å².